The molecule has 2 fully saturated rings. The van der Waals surface area contributed by atoms with E-state index in [1.807, 2.05) is 13.8 Å². The van der Waals surface area contributed by atoms with Crippen molar-refractivity contribution >= 4 is 48.9 Å². The molecule has 47 heavy (non-hydrogen) atoms. The number of halogens is 3. The summed E-state index contributed by atoms with van der Waals surface area (Å²) >= 11 is 0. The van der Waals surface area contributed by atoms with E-state index in [0.717, 1.165) is 37.8 Å². The Morgan fingerprint density at radius 3 is 1.45 bits per heavy atom. The Bertz CT molecular complexity index is 1910. The Balaban J connectivity index is 1.31. The van der Waals surface area contributed by atoms with E-state index in [1.54, 1.807) is 9.80 Å². The number of carbonyl (C=O) groups is 2. The van der Waals surface area contributed by atoms with Crippen molar-refractivity contribution in [3.05, 3.63) is 77.4 Å². The first-order valence-electron chi connectivity index (χ1n) is 15.5. The third-order valence-electron chi connectivity index (χ3n) is 9.30. The van der Waals surface area contributed by atoms with Gasteiger partial charge in [0.05, 0.1) is 21.0 Å². The lowest BCUT2D eigenvalue weighted by atomic mass is 10.1. The zero-order chi connectivity index (χ0) is 33.6. The van der Waals surface area contributed by atoms with E-state index in [4.69, 9.17) is 0 Å². The van der Waals surface area contributed by atoms with E-state index in [-0.39, 0.29) is 49.2 Å². The maximum absolute atomic E-state index is 14.3. The minimum atomic E-state index is -4.94. The molecule has 2 saturated carbocycles. The first kappa shape index (κ1) is 31.7. The predicted octanol–water partition coefficient (Wildman–Crippen LogP) is 5.66. The summed E-state index contributed by atoms with van der Waals surface area (Å²) in [6.45, 7) is 3.70. The van der Waals surface area contributed by atoms with Crippen LogP contribution in [0.4, 0.5) is 30.2 Å². The molecule has 0 radical (unpaired) electrons. The van der Waals surface area contributed by atoms with Gasteiger partial charge in [0, 0.05) is 35.3 Å². The minimum absolute atomic E-state index is 0.0378. The Labute approximate surface area is 271 Å². The van der Waals surface area contributed by atoms with Crippen molar-refractivity contribution in [2.45, 2.75) is 80.4 Å². The number of fused-ring (bicyclic) bond motifs is 2. The van der Waals surface area contributed by atoms with Crippen LogP contribution in [-0.4, -0.2) is 40.7 Å². The zero-order valence-corrected chi connectivity index (χ0v) is 27.2. The maximum atomic E-state index is 14.3. The van der Waals surface area contributed by atoms with Gasteiger partial charge in [-0.05, 0) is 124 Å². The van der Waals surface area contributed by atoms with Crippen LogP contribution in [0.25, 0.3) is 0 Å². The van der Waals surface area contributed by atoms with Crippen molar-refractivity contribution in [1.82, 2.24) is 0 Å². The molecule has 4 aliphatic rings. The van der Waals surface area contributed by atoms with Gasteiger partial charge in [-0.1, -0.05) is 0 Å². The van der Waals surface area contributed by atoms with Crippen LogP contribution in [0.2, 0.25) is 0 Å². The van der Waals surface area contributed by atoms with Gasteiger partial charge in [-0.3, -0.25) is 9.59 Å². The van der Waals surface area contributed by atoms with E-state index in [9.17, 15) is 39.6 Å². The van der Waals surface area contributed by atoms with E-state index in [2.05, 4.69) is 0 Å². The average Bonchev–Trinajstić information content (AvgIpc) is 3.93. The van der Waals surface area contributed by atoms with Crippen molar-refractivity contribution < 1.29 is 39.6 Å². The molecular weight excluding hydrogens is 656 g/mol. The lowest BCUT2D eigenvalue weighted by Gasteiger charge is -2.26. The van der Waals surface area contributed by atoms with Crippen LogP contribution in [-0.2, 0) is 48.7 Å². The molecule has 0 unspecified atom stereocenters. The highest BCUT2D eigenvalue weighted by Gasteiger charge is 2.44. The van der Waals surface area contributed by atoms with Crippen molar-refractivity contribution in [3.63, 3.8) is 0 Å². The van der Waals surface area contributed by atoms with Gasteiger partial charge >= 0.3 is 6.18 Å². The SMILES string of the molecule is C[C@H]1Cc2cc(S(=O)(=O)N(c3ccc(C(F)(F)F)cc3)S(=O)(=O)c3ccc4c(c3)C[C@H](C)N4C(=O)C3CC3)ccc2N1C(=O)C1CC1. The highest BCUT2D eigenvalue weighted by atomic mass is 32.3. The second kappa shape index (κ2) is 10.8. The fraction of sp³-hybridized carbons (Fsp3) is 0.394. The summed E-state index contributed by atoms with van der Waals surface area (Å²) in [4.78, 5) is 28.4. The largest absolute Gasteiger partial charge is 0.416 e. The third kappa shape index (κ3) is 5.38. The predicted molar refractivity (Wildman–Crippen MR) is 168 cm³/mol. The molecule has 2 aliphatic heterocycles. The number of sulfonamides is 2. The summed E-state index contributed by atoms with van der Waals surface area (Å²) in [5.41, 5.74) is 0.617. The highest BCUT2D eigenvalue weighted by molar-refractivity contribution is 8.10. The van der Waals surface area contributed by atoms with Crippen molar-refractivity contribution in [2.24, 2.45) is 11.8 Å². The van der Waals surface area contributed by atoms with Crippen LogP contribution in [0.3, 0.4) is 0 Å². The average molecular weight is 688 g/mol. The zero-order valence-electron chi connectivity index (χ0n) is 25.6. The fourth-order valence-electron chi connectivity index (χ4n) is 6.63. The standard InChI is InChI=1S/C33H32F3N3O6S2/c1-19-15-23-17-27(11-13-29(23)37(19)31(40)21-3-4-21)46(42,43)39(26-9-7-25(8-10-26)33(34,35)36)47(44,45)28-12-14-30-24(18-28)16-20(2)38(30)32(41)22-5-6-22/h7-14,17-22H,3-6,15-16H2,1-2H3/t19-,20-/m0/s1. The number of amides is 2. The van der Waals surface area contributed by atoms with Gasteiger partial charge in [-0.15, -0.1) is 0 Å². The van der Waals surface area contributed by atoms with Crippen molar-refractivity contribution in [2.75, 3.05) is 13.5 Å². The van der Waals surface area contributed by atoms with Crippen molar-refractivity contribution in [3.8, 4) is 0 Å². The van der Waals surface area contributed by atoms with Gasteiger partial charge in [-0.2, -0.15) is 16.9 Å². The van der Waals surface area contributed by atoms with Gasteiger partial charge in [0.15, 0.2) is 0 Å². The molecule has 3 aromatic rings. The van der Waals surface area contributed by atoms with Gasteiger partial charge in [0.25, 0.3) is 20.0 Å². The topological polar surface area (TPSA) is 112 Å². The smallest absolute Gasteiger partial charge is 0.309 e. The second-order valence-corrected chi connectivity index (χ2v) is 16.7. The quantitative estimate of drug-likeness (QED) is 0.317. The number of benzene rings is 3. The minimum Gasteiger partial charge on any atom is -0.309 e. The molecule has 9 nitrogen and oxygen atoms in total. The van der Waals surface area contributed by atoms with Gasteiger partial charge < -0.3 is 9.80 Å². The van der Waals surface area contributed by atoms with E-state index in [1.165, 1.54) is 36.4 Å². The highest BCUT2D eigenvalue weighted by Crippen LogP contribution is 2.43. The summed E-state index contributed by atoms with van der Waals surface area (Å²) in [5, 5.41) is 0. The van der Waals surface area contributed by atoms with E-state index >= 15 is 0 Å². The van der Waals surface area contributed by atoms with Crippen LogP contribution >= 0.6 is 0 Å². The van der Waals surface area contributed by atoms with Gasteiger partial charge in [0.2, 0.25) is 11.8 Å². The summed E-state index contributed by atoms with van der Waals surface area (Å²) < 4.78 is 97.8. The van der Waals surface area contributed by atoms with Gasteiger partial charge in [0.1, 0.15) is 0 Å². The van der Waals surface area contributed by atoms with Crippen LogP contribution in [0.1, 0.15) is 56.2 Å². The molecule has 0 bridgehead atoms. The molecule has 2 aliphatic carbocycles. The first-order valence-corrected chi connectivity index (χ1v) is 18.4. The molecule has 0 spiro atoms. The van der Waals surface area contributed by atoms with Crippen LogP contribution in [0, 0.1) is 11.8 Å². The molecular formula is C33H32F3N3O6S2. The van der Waals surface area contributed by atoms with Crippen LogP contribution in [0.15, 0.2) is 70.5 Å². The number of rotatable bonds is 7. The lowest BCUT2D eigenvalue weighted by Crippen LogP contribution is -2.37. The maximum Gasteiger partial charge on any atom is 0.416 e. The lowest BCUT2D eigenvalue weighted by molar-refractivity contribution is -0.137. The number of carbonyl (C=O) groups excluding carboxylic acids is 2. The molecule has 7 rings (SSSR count). The second-order valence-electron chi connectivity index (χ2n) is 12.9. The molecule has 0 aromatic heterocycles. The van der Waals surface area contributed by atoms with Gasteiger partial charge in [-0.25, -0.2) is 16.8 Å². The molecule has 248 valence electrons. The number of anilines is 3. The Morgan fingerprint density at radius 2 is 1.09 bits per heavy atom. The Morgan fingerprint density at radius 1 is 0.681 bits per heavy atom. The summed E-state index contributed by atoms with van der Waals surface area (Å²) in [5.74, 6) is -0.212. The van der Waals surface area contributed by atoms with Crippen molar-refractivity contribution in [1.29, 1.82) is 0 Å². The van der Waals surface area contributed by atoms with Crippen LogP contribution < -0.4 is 13.5 Å². The number of hydrogen-bond acceptors (Lipinski definition) is 6. The normalized spacial score (nSPS) is 21.0. The molecule has 3 aromatic carbocycles. The monoisotopic (exact) mass is 687 g/mol. The molecule has 0 saturated heterocycles. The third-order valence-corrected chi connectivity index (χ3v) is 13.5. The number of nitrogens with zero attached hydrogens (tertiary/aromatic N) is 3. The summed E-state index contributed by atoms with van der Waals surface area (Å²) in [6.07, 6.45) is -0.865. The number of alkyl halides is 3. The van der Waals surface area contributed by atoms with Crippen LogP contribution in [0.5, 0.6) is 0 Å². The summed E-state index contributed by atoms with van der Waals surface area (Å²) in [6, 6.07) is 10.5. The number of hydrogen-bond donors (Lipinski definition) is 0. The summed E-state index contributed by atoms with van der Waals surface area (Å²) in [7, 11) is -9.89. The van der Waals surface area contributed by atoms with E-state index in [0.29, 0.717) is 47.5 Å². The first-order chi connectivity index (χ1) is 22.1. The Kier molecular flexibility index (Phi) is 7.28. The molecule has 0 N–H and O–H groups in total. The Hall–Kier alpha value is -3.91. The van der Waals surface area contributed by atoms with E-state index < -0.39 is 37.5 Å². The fourth-order valence-corrected chi connectivity index (χ4v) is 10.4. The molecule has 14 heteroatoms. The molecule has 2 atom stereocenters. The molecule has 2 amide bonds. The molecule has 2 heterocycles.